The molecule has 2 amide bonds. The Bertz CT molecular complexity index is 877. The monoisotopic (exact) mass is 399 g/mol. The van der Waals surface area contributed by atoms with Crippen LogP contribution in [0.25, 0.3) is 6.08 Å². The Morgan fingerprint density at radius 2 is 1.75 bits per heavy atom. The third kappa shape index (κ3) is 3.13. The molecule has 0 radical (unpaired) electrons. The van der Waals surface area contributed by atoms with E-state index in [9.17, 15) is 9.59 Å². The van der Waals surface area contributed by atoms with Crippen LogP contribution in [0.4, 0.5) is 5.69 Å². The second-order valence-electron chi connectivity index (χ2n) is 8.50. The molecule has 2 heterocycles. The number of carbonyl (C=O) groups is 2. The Morgan fingerprint density at radius 1 is 1.18 bits per heavy atom. The molecule has 0 aromatic heterocycles. The number of thiocarbonyl (C=S) groups is 1. The molecule has 0 aliphatic carbocycles. The molecule has 6 heteroatoms. The lowest BCUT2D eigenvalue weighted by Crippen LogP contribution is -2.52. The largest absolute Gasteiger partial charge is 0.366 e. The van der Waals surface area contributed by atoms with E-state index >= 15 is 0 Å². The van der Waals surface area contributed by atoms with Crippen molar-refractivity contribution < 1.29 is 9.59 Å². The van der Waals surface area contributed by atoms with Crippen molar-refractivity contribution in [1.82, 2.24) is 9.80 Å². The fraction of sp³-hybridized carbons (Fsp3) is 0.500. The summed E-state index contributed by atoms with van der Waals surface area (Å²) in [5.41, 5.74) is 4.73. The first-order valence-corrected chi connectivity index (χ1v) is 10.1. The molecule has 0 spiro atoms. The van der Waals surface area contributed by atoms with Crippen LogP contribution in [0.5, 0.6) is 0 Å². The molecule has 2 aliphatic heterocycles. The van der Waals surface area contributed by atoms with Gasteiger partial charge < -0.3 is 4.90 Å². The van der Waals surface area contributed by atoms with Crippen molar-refractivity contribution >= 4 is 40.9 Å². The van der Waals surface area contributed by atoms with Crippen LogP contribution in [0.15, 0.2) is 17.7 Å². The molecule has 1 saturated heterocycles. The van der Waals surface area contributed by atoms with Crippen LogP contribution in [0.3, 0.4) is 0 Å². The average Bonchev–Trinajstić information content (AvgIpc) is 2.62. The molecule has 0 saturated carbocycles. The Kier molecular flexibility index (Phi) is 5.13. The number of amides is 2. The van der Waals surface area contributed by atoms with Gasteiger partial charge in [-0.2, -0.15) is 0 Å². The maximum Gasteiger partial charge on any atom is 0.265 e. The first-order chi connectivity index (χ1) is 13.0. The maximum atomic E-state index is 12.7. The highest BCUT2D eigenvalue weighted by molar-refractivity contribution is 7.80. The van der Waals surface area contributed by atoms with Crippen molar-refractivity contribution in [2.24, 2.45) is 0 Å². The van der Waals surface area contributed by atoms with E-state index in [2.05, 4.69) is 44.7 Å². The van der Waals surface area contributed by atoms with E-state index in [1.165, 1.54) is 21.1 Å². The lowest BCUT2D eigenvalue weighted by molar-refractivity contribution is -0.132. The highest BCUT2D eigenvalue weighted by Gasteiger charge is 2.37. The van der Waals surface area contributed by atoms with Gasteiger partial charge in [-0.25, -0.2) is 0 Å². The molecule has 150 valence electrons. The Morgan fingerprint density at radius 3 is 2.29 bits per heavy atom. The highest BCUT2D eigenvalue weighted by atomic mass is 32.1. The molecular weight excluding hydrogens is 370 g/mol. The van der Waals surface area contributed by atoms with E-state index in [0.717, 1.165) is 24.1 Å². The minimum atomic E-state index is -0.352. The molecule has 1 aromatic rings. The number of anilines is 1. The number of nitrogens with zero attached hydrogens (tertiary/aromatic N) is 3. The summed E-state index contributed by atoms with van der Waals surface area (Å²) >= 11 is 5.17. The predicted molar refractivity (Wildman–Crippen MR) is 117 cm³/mol. The molecule has 1 aromatic carbocycles. The van der Waals surface area contributed by atoms with E-state index < -0.39 is 0 Å². The van der Waals surface area contributed by atoms with Gasteiger partial charge in [-0.3, -0.25) is 19.4 Å². The molecule has 28 heavy (non-hydrogen) atoms. The lowest BCUT2D eigenvalue weighted by Gasteiger charge is -2.47. The second kappa shape index (κ2) is 6.99. The van der Waals surface area contributed by atoms with Crippen LogP contribution in [0, 0.1) is 6.92 Å². The molecule has 2 aliphatic rings. The molecule has 1 atom stereocenters. The first kappa shape index (κ1) is 20.5. The van der Waals surface area contributed by atoms with Gasteiger partial charge in [0.25, 0.3) is 11.8 Å². The van der Waals surface area contributed by atoms with Gasteiger partial charge in [0.1, 0.15) is 5.57 Å². The highest BCUT2D eigenvalue weighted by Crippen LogP contribution is 2.44. The number of hydrogen-bond donors (Lipinski definition) is 0. The Balaban J connectivity index is 2.12. The number of rotatable bonds is 2. The first-order valence-electron chi connectivity index (χ1n) is 9.73. The zero-order valence-electron chi connectivity index (χ0n) is 17.8. The molecule has 5 nitrogen and oxygen atoms in total. The number of hydrogen-bond acceptors (Lipinski definition) is 4. The average molecular weight is 400 g/mol. The summed E-state index contributed by atoms with van der Waals surface area (Å²) in [6.45, 7) is 12.0. The number of carbonyl (C=O) groups excluding carboxylic acids is 2. The van der Waals surface area contributed by atoms with E-state index in [1.807, 2.05) is 6.92 Å². The predicted octanol–water partition coefficient (Wildman–Crippen LogP) is 3.71. The summed E-state index contributed by atoms with van der Waals surface area (Å²) in [6, 6.07) is 4.34. The number of aryl methyl sites for hydroxylation is 1. The van der Waals surface area contributed by atoms with Gasteiger partial charge in [0.2, 0.25) is 0 Å². The van der Waals surface area contributed by atoms with Crippen molar-refractivity contribution in [3.8, 4) is 0 Å². The summed E-state index contributed by atoms with van der Waals surface area (Å²) < 4.78 is 0. The minimum absolute atomic E-state index is 0.101. The fourth-order valence-electron chi connectivity index (χ4n) is 4.54. The summed E-state index contributed by atoms with van der Waals surface area (Å²) in [5, 5.41) is 0.226. The van der Waals surface area contributed by atoms with Gasteiger partial charge in [0, 0.05) is 31.9 Å². The van der Waals surface area contributed by atoms with Crippen LogP contribution in [-0.2, 0) is 9.59 Å². The van der Waals surface area contributed by atoms with Gasteiger partial charge >= 0.3 is 0 Å². The molecule has 0 N–H and O–H groups in total. The van der Waals surface area contributed by atoms with Crippen molar-refractivity contribution in [2.45, 2.75) is 52.5 Å². The van der Waals surface area contributed by atoms with Crippen LogP contribution < -0.4 is 4.90 Å². The summed E-state index contributed by atoms with van der Waals surface area (Å²) in [4.78, 5) is 30.5. The quantitative estimate of drug-likeness (QED) is 0.432. The number of fused-ring (bicyclic) bond motifs is 1. The maximum absolute atomic E-state index is 12.7. The SMILES string of the molecule is CCN1c2cc(C)c(C=C3C(=O)N(C)C(=S)N(C)C3=O)cc2C(C)CC1(C)C. The lowest BCUT2D eigenvalue weighted by atomic mass is 9.79. The van der Waals surface area contributed by atoms with Crippen molar-refractivity contribution in [1.29, 1.82) is 0 Å². The van der Waals surface area contributed by atoms with Gasteiger partial charge in [-0.1, -0.05) is 6.92 Å². The molecule has 0 bridgehead atoms. The number of benzene rings is 1. The van der Waals surface area contributed by atoms with Gasteiger partial charge in [0.05, 0.1) is 0 Å². The second-order valence-corrected chi connectivity index (χ2v) is 8.86. The van der Waals surface area contributed by atoms with Crippen LogP contribution in [-0.4, -0.2) is 52.9 Å². The van der Waals surface area contributed by atoms with Crippen LogP contribution in [0.1, 0.15) is 56.7 Å². The van der Waals surface area contributed by atoms with Crippen molar-refractivity contribution in [2.75, 3.05) is 25.5 Å². The van der Waals surface area contributed by atoms with Gasteiger partial charge in [-0.15, -0.1) is 0 Å². The van der Waals surface area contributed by atoms with E-state index in [0.29, 0.717) is 5.92 Å². The third-order valence-electron chi connectivity index (χ3n) is 6.03. The Hall–Kier alpha value is -2.21. The summed E-state index contributed by atoms with van der Waals surface area (Å²) in [5.74, 6) is -0.301. The molecule has 1 unspecified atom stereocenters. The summed E-state index contributed by atoms with van der Waals surface area (Å²) in [6.07, 6.45) is 2.78. The van der Waals surface area contributed by atoms with Crippen molar-refractivity contribution in [3.63, 3.8) is 0 Å². The normalized spacial score (nSPS) is 22.0. The van der Waals surface area contributed by atoms with E-state index in [-0.39, 0.29) is 28.0 Å². The fourth-order valence-corrected chi connectivity index (χ4v) is 4.70. The molecule has 1 fully saturated rings. The molecule has 3 rings (SSSR count). The van der Waals surface area contributed by atoms with Crippen LogP contribution >= 0.6 is 12.2 Å². The zero-order chi connectivity index (χ0) is 21.0. The Labute approximate surface area is 173 Å². The third-order valence-corrected chi connectivity index (χ3v) is 6.58. The van der Waals surface area contributed by atoms with Gasteiger partial charge in [0.15, 0.2) is 5.11 Å². The number of likely N-dealkylation sites (N-methyl/N-ethyl adjacent to an activating group) is 2. The zero-order valence-corrected chi connectivity index (χ0v) is 18.6. The van der Waals surface area contributed by atoms with E-state index in [4.69, 9.17) is 12.2 Å². The standard InChI is InChI=1S/C22H29N3O2S/c1-8-25-18-9-13(2)15(10-16(18)14(3)12-22(25,4)5)11-17-19(26)23(6)21(28)24(7)20(17)27/h9-11,14H,8,12H2,1-7H3. The minimum Gasteiger partial charge on any atom is -0.366 e. The summed E-state index contributed by atoms with van der Waals surface area (Å²) in [7, 11) is 3.20. The van der Waals surface area contributed by atoms with E-state index in [1.54, 1.807) is 20.2 Å². The van der Waals surface area contributed by atoms with Crippen LogP contribution in [0.2, 0.25) is 0 Å². The smallest absolute Gasteiger partial charge is 0.265 e. The molecular formula is C22H29N3O2S. The van der Waals surface area contributed by atoms with Gasteiger partial charge in [-0.05, 0) is 87.2 Å². The topological polar surface area (TPSA) is 43.9 Å². The van der Waals surface area contributed by atoms with Crippen molar-refractivity contribution in [3.05, 3.63) is 34.4 Å².